The maximum Gasteiger partial charge on any atom is 0.337 e. The molecule has 0 aliphatic carbocycles. The summed E-state index contributed by atoms with van der Waals surface area (Å²) in [6.45, 7) is 0. The lowest BCUT2D eigenvalue weighted by Gasteiger charge is -2.08. The van der Waals surface area contributed by atoms with Gasteiger partial charge in [0.1, 0.15) is 5.75 Å². The van der Waals surface area contributed by atoms with Crippen molar-refractivity contribution in [3.8, 4) is 16.9 Å². The minimum atomic E-state index is -0.441. The second kappa shape index (κ2) is 5.10. The summed E-state index contributed by atoms with van der Waals surface area (Å²) in [6, 6.07) is 11.6. The third-order valence-electron chi connectivity index (χ3n) is 2.58. The van der Waals surface area contributed by atoms with E-state index in [0.29, 0.717) is 21.7 Å². The van der Waals surface area contributed by atoms with Gasteiger partial charge in [-0.05, 0) is 24.3 Å². The molecule has 3 nitrogen and oxygen atoms in total. The smallest absolute Gasteiger partial charge is 0.337 e. The molecule has 0 fully saturated rings. The molecular weight excluding hydrogens is 252 g/mol. The summed E-state index contributed by atoms with van der Waals surface area (Å²) in [5.41, 5.74) is 1.56. The highest BCUT2D eigenvalue weighted by molar-refractivity contribution is 6.33. The highest BCUT2D eigenvalue weighted by atomic mass is 35.5. The number of benzene rings is 2. The largest absolute Gasteiger partial charge is 0.507 e. The highest BCUT2D eigenvalue weighted by Crippen LogP contribution is 2.34. The number of para-hydroxylation sites is 1. The number of halogens is 1. The van der Waals surface area contributed by atoms with E-state index in [1.807, 2.05) is 0 Å². The van der Waals surface area contributed by atoms with Crippen LogP contribution in [0.25, 0.3) is 11.1 Å². The van der Waals surface area contributed by atoms with Crippen LogP contribution in [0.5, 0.6) is 5.75 Å². The molecule has 92 valence electrons. The van der Waals surface area contributed by atoms with Crippen LogP contribution in [-0.2, 0) is 4.74 Å². The number of phenols is 1. The summed E-state index contributed by atoms with van der Waals surface area (Å²) >= 11 is 6.09. The first-order valence-corrected chi connectivity index (χ1v) is 5.67. The molecule has 0 bridgehead atoms. The molecule has 0 heterocycles. The third-order valence-corrected chi connectivity index (χ3v) is 2.91. The first-order chi connectivity index (χ1) is 8.63. The lowest BCUT2D eigenvalue weighted by Crippen LogP contribution is -2.01. The fraction of sp³-hybridized carbons (Fsp3) is 0.0714. The van der Waals surface area contributed by atoms with Gasteiger partial charge in [0, 0.05) is 16.1 Å². The summed E-state index contributed by atoms with van der Waals surface area (Å²) in [5, 5.41) is 10.3. The van der Waals surface area contributed by atoms with Crippen LogP contribution in [0, 0.1) is 0 Å². The molecular formula is C14H11ClO3. The Balaban J connectivity index is 2.57. The Morgan fingerprint density at radius 1 is 1.17 bits per heavy atom. The Kier molecular flexibility index (Phi) is 3.53. The molecule has 0 unspecified atom stereocenters. The van der Waals surface area contributed by atoms with E-state index in [9.17, 15) is 9.90 Å². The third kappa shape index (κ3) is 2.31. The van der Waals surface area contributed by atoms with E-state index < -0.39 is 5.97 Å². The second-order valence-electron chi connectivity index (χ2n) is 3.70. The van der Waals surface area contributed by atoms with E-state index in [4.69, 9.17) is 11.6 Å². The zero-order valence-corrected chi connectivity index (χ0v) is 10.4. The zero-order valence-electron chi connectivity index (χ0n) is 9.68. The molecule has 0 atom stereocenters. The van der Waals surface area contributed by atoms with Crippen LogP contribution in [0.15, 0.2) is 42.5 Å². The van der Waals surface area contributed by atoms with Gasteiger partial charge in [0.15, 0.2) is 0 Å². The number of esters is 1. The van der Waals surface area contributed by atoms with Crippen molar-refractivity contribution >= 4 is 17.6 Å². The van der Waals surface area contributed by atoms with Gasteiger partial charge in [0.2, 0.25) is 0 Å². The van der Waals surface area contributed by atoms with Crippen molar-refractivity contribution in [3.05, 3.63) is 53.1 Å². The molecule has 0 saturated carbocycles. The lowest BCUT2D eigenvalue weighted by molar-refractivity contribution is 0.0601. The fourth-order valence-corrected chi connectivity index (χ4v) is 1.90. The van der Waals surface area contributed by atoms with Crippen LogP contribution in [0.4, 0.5) is 0 Å². The molecule has 4 heteroatoms. The number of aromatic hydroxyl groups is 1. The van der Waals surface area contributed by atoms with E-state index in [2.05, 4.69) is 4.74 Å². The standard InChI is InChI=1S/C14H11ClO3/c1-18-14(17)9-6-7-12(15)11(8-9)10-4-2-3-5-13(10)16/h2-8,16H,1H3. The van der Waals surface area contributed by atoms with Crippen LogP contribution in [0.2, 0.25) is 5.02 Å². The molecule has 0 aliphatic heterocycles. The van der Waals surface area contributed by atoms with Crippen LogP contribution in [0.1, 0.15) is 10.4 Å². The molecule has 0 aliphatic rings. The Hall–Kier alpha value is -2.00. The molecule has 0 spiro atoms. The first-order valence-electron chi connectivity index (χ1n) is 5.29. The predicted octanol–water partition coefficient (Wildman–Crippen LogP) is 3.50. The minimum absolute atomic E-state index is 0.112. The molecule has 2 aromatic rings. The Morgan fingerprint density at radius 3 is 2.56 bits per heavy atom. The summed E-state index contributed by atoms with van der Waals surface area (Å²) < 4.78 is 4.65. The van der Waals surface area contributed by atoms with Gasteiger partial charge in [0.05, 0.1) is 12.7 Å². The first kappa shape index (κ1) is 12.5. The van der Waals surface area contributed by atoms with Gasteiger partial charge in [-0.25, -0.2) is 4.79 Å². The normalized spacial score (nSPS) is 10.1. The summed E-state index contributed by atoms with van der Waals surface area (Å²) in [7, 11) is 1.32. The number of hydrogen-bond acceptors (Lipinski definition) is 3. The number of ether oxygens (including phenoxy) is 1. The molecule has 0 aromatic heterocycles. The van der Waals surface area contributed by atoms with E-state index in [-0.39, 0.29) is 5.75 Å². The Labute approximate surface area is 110 Å². The number of hydrogen-bond donors (Lipinski definition) is 1. The van der Waals surface area contributed by atoms with Crippen LogP contribution in [-0.4, -0.2) is 18.2 Å². The lowest BCUT2D eigenvalue weighted by atomic mass is 10.0. The maximum atomic E-state index is 11.5. The SMILES string of the molecule is COC(=O)c1ccc(Cl)c(-c2ccccc2O)c1. The average Bonchev–Trinajstić information content (AvgIpc) is 2.39. The van der Waals surface area contributed by atoms with E-state index in [1.165, 1.54) is 7.11 Å². The van der Waals surface area contributed by atoms with E-state index in [1.54, 1.807) is 42.5 Å². The molecule has 2 aromatic carbocycles. The monoisotopic (exact) mass is 262 g/mol. The van der Waals surface area contributed by atoms with E-state index in [0.717, 1.165) is 0 Å². The van der Waals surface area contributed by atoms with Crippen LogP contribution >= 0.6 is 11.6 Å². The van der Waals surface area contributed by atoms with Gasteiger partial charge in [0.25, 0.3) is 0 Å². The van der Waals surface area contributed by atoms with Crippen LogP contribution in [0.3, 0.4) is 0 Å². The topological polar surface area (TPSA) is 46.5 Å². The maximum absolute atomic E-state index is 11.5. The Morgan fingerprint density at radius 2 is 1.89 bits per heavy atom. The number of methoxy groups -OCH3 is 1. The number of carbonyl (C=O) groups excluding carboxylic acids is 1. The van der Waals surface area contributed by atoms with Crippen molar-refractivity contribution in [1.82, 2.24) is 0 Å². The van der Waals surface area contributed by atoms with Gasteiger partial charge in [-0.3, -0.25) is 0 Å². The van der Waals surface area contributed by atoms with Gasteiger partial charge < -0.3 is 9.84 Å². The number of phenolic OH excluding ortho intramolecular Hbond substituents is 1. The molecule has 0 saturated heterocycles. The fourth-order valence-electron chi connectivity index (χ4n) is 1.68. The van der Waals surface area contributed by atoms with Gasteiger partial charge in [-0.1, -0.05) is 29.8 Å². The highest BCUT2D eigenvalue weighted by Gasteiger charge is 2.12. The van der Waals surface area contributed by atoms with Crippen LogP contribution < -0.4 is 0 Å². The average molecular weight is 263 g/mol. The summed E-state index contributed by atoms with van der Waals surface area (Å²) in [6.07, 6.45) is 0. The number of carbonyl (C=O) groups is 1. The van der Waals surface area contributed by atoms with E-state index >= 15 is 0 Å². The van der Waals surface area contributed by atoms with Gasteiger partial charge in [-0.2, -0.15) is 0 Å². The van der Waals surface area contributed by atoms with Crippen molar-refractivity contribution in [2.24, 2.45) is 0 Å². The second-order valence-corrected chi connectivity index (χ2v) is 4.11. The molecule has 0 amide bonds. The van der Waals surface area contributed by atoms with Gasteiger partial charge >= 0.3 is 5.97 Å². The quantitative estimate of drug-likeness (QED) is 0.843. The molecule has 0 radical (unpaired) electrons. The van der Waals surface area contributed by atoms with Crippen molar-refractivity contribution in [1.29, 1.82) is 0 Å². The summed E-state index contributed by atoms with van der Waals surface area (Å²) in [4.78, 5) is 11.5. The molecule has 18 heavy (non-hydrogen) atoms. The van der Waals surface area contributed by atoms with Gasteiger partial charge in [-0.15, -0.1) is 0 Å². The van der Waals surface area contributed by atoms with Crippen molar-refractivity contribution in [2.45, 2.75) is 0 Å². The van der Waals surface area contributed by atoms with Crippen molar-refractivity contribution in [2.75, 3.05) is 7.11 Å². The minimum Gasteiger partial charge on any atom is -0.507 e. The summed E-state index contributed by atoms with van der Waals surface area (Å²) in [5.74, 6) is -0.329. The van der Waals surface area contributed by atoms with Crippen molar-refractivity contribution < 1.29 is 14.6 Å². The zero-order chi connectivity index (χ0) is 13.1. The molecule has 2 rings (SSSR count). The number of rotatable bonds is 2. The van der Waals surface area contributed by atoms with Crippen molar-refractivity contribution in [3.63, 3.8) is 0 Å². The molecule has 1 N–H and O–H groups in total. The Bertz CT molecular complexity index is 593. The predicted molar refractivity (Wildman–Crippen MR) is 69.9 cm³/mol.